The van der Waals surface area contributed by atoms with E-state index in [4.69, 9.17) is 11.6 Å². The maximum absolute atomic E-state index is 12.0. The molecule has 1 atom stereocenters. The number of rotatable bonds is 4. The van der Waals surface area contributed by atoms with Crippen molar-refractivity contribution in [2.45, 2.75) is 13.0 Å². The van der Waals surface area contributed by atoms with E-state index in [1.165, 1.54) is 0 Å². The third-order valence-electron chi connectivity index (χ3n) is 2.57. The SMILES string of the molecule is C[C@H](Nc1cnn(C)c1)C(=O)Nc1cccc(Cl)c1. The predicted molar refractivity (Wildman–Crippen MR) is 76.4 cm³/mol. The lowest BCUT2D eigenvalue weighted by Crippen LogP contribution is -2.31. The monoisotopic (exact) mass is 278 g/mol. The largest absolute Gasteiger partial charge is 0.371 e. The zero-order valence-electron chi connectivity index (χ0n) is 10.7. The average Bonchev–Trinajstić information content (AvgIpc) is 2.74. The van der Waals surface area contributed by atoms with Gasteiger partial charge in [0.05, 0.1) is 11.9 Å². The van der Waals surface area contributed by atoms with E-state index >= 15 is 0 Å². The summed E-state index contributed by atoms with van der Waals surface area (Å²) in [6.07, 6.45) is 3.48. The Balaban J connectivity index is 1.96. The molecule has 0 radical (unpaired) electrons. The molecular weight excluding hydrogens is 264 g/mol. The molecule has 1 aromatic heterocycles. The topological polar surface area (TPSA) is 59.0 Å². The molecule has 2 rings (SSSR count). The number of hydrogen-bond acceptors (Lipinski definition) is 3. The molecule has 6 heteroatoms. The summed E-state index contributed by atoms with van der Waals surface area (Å²) in [5.41, 5.74) is 1.48. The van der Waals surface area contributed by atoms with Crippen molar-refractivity contribution in [1.82, 2.24) is 9.78 Å². The van der Waals surface area contributed by atoms with Crippen molar-refractivity contribution in [3.05, 3.63) is 41.7 Å². The number of aromatic nitrogens is 2. The number of aryl methyl sites for hydroxylation is 1. The van der Waals surface area contributed by atoms with Crippen molar-refractivity contribution in [2.24, 2.45) is 7.05 Å². The van der Waals surface area contributed by atoms with Crippen LogP contribution in [0.25, 0.3) is 0 Å². The third-order valence-corrected chi connectivity index (χ3v) is 2.81. The fourth-order valence-electron chi connectivity index (χ4n) is 1.63. The average molecular weight is 279 g/mol. The van der Waals surface area contributed by atoms with Crippen LogP contribution in [0.15, 0.2) is 36.7 Å². The minimum Gasteiger partial charge on any atom is -0.371 e. The van der Waals surface area contributed by atoms with E-state index in [0.29, 0.717) is 10.7 Å². The van der Waals surface area contributed by atoms with E-state index in [9.17, 15) is 4.79 Å². The number of anilines is 2. The maximum atomic E-state index is 12.0. The Morgan fingerprint density at radius 2 is 2.21 bits per heavy atom. The summed E-state index contributed by atoms with van der Waals surface area (Å²) in [4.78, 5) is 12.0. The van der Waals surface area contributed by atoms with E-state index in [2.05, 4.69) is 15.7 Å². The van der Waals surface area contributed by atoms with Crippen molar-refractivity contribution in [3.8, 4) is 0 Å². The number of amides is 1. The van der Waals surface area contributed by atoms with Crippen LogP contribution in [-0.2, 0) is 11.8 Å². The first-order valence-electron chi connectivity index (χ1n) is 5.86. The van der Waals surface area contributed by atoms with E-state index in [0.717, 1.165) is 5.69 Å². The molecule has 1 aromatic carbocycles. The van der Waals surface area contributed by atoms with Crippen LogP contribution < -0.4 is 10.6 Å². The van der Waals surface area contributed by atoms with Crippen molar-refractivity contribution in [1.29, 1.82) is 0 Å². The van der Waals surface area contributed by atoms with Gasteiger partial charge in [0, 0.05) is 24.0 Å². The van der Waals surface area contributed by atoms with Gasteiger partial charge in [0.2, 0.25) is 5.91 Å². The fraction of sp³-hybridized carbons (Fsp3) is 0.231. The minimum absolute atomic E-state index is 0.133. The standard InChI is InChI=1S/C13H15ClN4O/c1-9(16-12-7-15-18(2)8-12)13(19)17-11-5-3-4-10(14)6-11/h3-9,16H,1-2H3,(H,17,19)/t9-/m0/s1. The van der Waals surface area contributed by atoms with Gasteiger partial charge in [-0.2, -0.15) is 5.10 Å². The Kier molecular flexibility index (Phi) is 4.06. The Labute approximate surface area is 116 Å². The van der Waals surface area contributed by atoms with Gasteiger partial charge in [-0.15, -0.1) is 0 Å². The predicted octanol–water partition coefficient (Wildman–Crippen LogP) is 2.51. The number of carbonyl (C=O) groups is 1. The van der Waals surface area contributed by atoms with E-state index in [1.807, 2.05) is 13.2 Å². The van der Waals surface area contributed by atoms with Gasteiger partial charge in [-0.3, -0.25) is 9.48 Å². The van der Waals surface area contributed by atoms with Crippen LogP contribution in [0.3, 0.4) is 0 Å². The Bertz CT molecular complexity index is 582. The molecule has 0 aliphatic heterocycles. The van der Waals surface area contributed by atoms with Crippen LogP contribution in [0.1, 0.15) is 6.92 Å². The second kappa shape index (κ2) is 5.75. The molecule has 1 heterocycles. The number of carbonyl (C=O) groups excluding carboxylic acids is 1. The molecule has 0 saturated carbocycles. The third kappa shape index (κ3) is 3.72. The number of nitrogens with zero attached hydrogens (tertiary/aromatic N) is 2. The Morgan fingerprint density at radius 3 is 2.84 bits per heavy atom. The van der Waals surface area contributed by atoms with Crippen LogP contribution >= 0.6 is 11.6 Å². The van der Waals surface area contributed by atoms with Crippen molar-refractivity contribution in [3.63, 3.8) is 0 Å². The summed E-state index contributed by atoms with van der Waals surface area (Å²) in [6.45, 7) is 1.78. The lowest BCUT2D eigenvalue weighted by molar-refractivity contribution is -0.116. The van der Waals surface area contributed by atoms with Gasteiger partial charge in [0.1, 0.15) is 6.04 Å². The summed E-state index contributed by atoms with van der Waals surface area (Å²) in [5.74, 6) is -0.133. The molecule has 0 aliphatic rings. The van der Waals surface area contributed by atoms with Crippen LogP contribution in [0.2, 0.25) is 5.02 Å². The molecule has 2 aromatic rings. The minimum atomic E-state index is -0.372. The highest BCUT2D eigenvalue weighted by atomic mass is 35.5. The first kappa shape index (κ1) is 13.4. The number of halogens is 1. The molecule has 0 fully saturated rings. The molecule has 0 bridgehead atoms. The second-order valence-corrected chi connectivity index (χ2v) is 4.70. The molecular formula is C13H15ClN4O. The van der Waals surface area contributed by atoms with E-state index in [-0.39, 0.29) is 11.9 Å². The molecule has 1 amide bonds. The van der Waals surface area contributed by atoms with E-state index in [1.54, 1.807) is 42.1 Å². The molecule has 0 spiro atoms. The molecule has 0 aliphatic carbocycles. The first-order valence-corrected chi connectivity index (χ1v) is 6.24. The smallest absolute Gasteiger partial charge is 0.246 e. The van der Waals surface area contributed by atoms with Crippen LogP contribution in [-0.4, -0.2) is 21.7 Å². The fourth-order valence-corrected chi connectivity index (χ4v) is 1.82. The molecule has 5 nitrogen and oxygen atoms in total. The highest BCUT2D eigenvalue weighted by molar-refractivity contribution is 6.30. The van der Waals surface area contributed by atoms with Gasteiger partial charge in [-0.25, -0.2) is 0 Å². The number of nitrogens with one attached hydrogen (secondary N) is 2. The second-order valence-electron chi connectivity index (χ2n) is 4.27. The normalized spacial score (nSPS) is 11.9. The zero-order valence-corrected chi connectivity index (χ0v) is 11.5. The zero-order chi connectivity index (χ0) is 13.8. The van der Waals surface area contributed by atoms with Crippen molar-refractivity contribution >= 4 is 28.9 Å². The summed E-state index contributed by atoms with van der Waals surface area (Å²) in [5, 5.41) is 10.5. The van der Waals surface area contributed by atoms with Gasteiger partial charge in [0.25, 0.3) is 0 Å². The lowest BCUT2D eigenvalue weighted by Gasteiger charge is -2.13. The first-order chi connectivity index (χ1) is 9.04. The summed E-state index contributed by atoms with van der Waals surface area (Å²) in [7, 11) is 1.82. The molecule has 100 valence electrons. The molecule has 2 N–H and O–H groups in total. The maximum Gasteiger partial charge on any atom is 0.246 e. The van der Waals surface area contributed by atoms with Gasteiger partial charge in [-0.1, -0.05) is 17.7 Å². The Morgan fingerprint density at radius 1 is 1.42 bits per heavy atom. The van der Waals surface area contributed by atoms with Crippen LogP contribution in [0, 0.1) is 0 Å². The summed E-state index contributed by atoms with van der Waals surface area (Å²) < 4.78 is 1.67. The van der Waals surface area contributed by atoms with Crippen molar-refractivity contribution in [2.75, 3.05) is 10.6 Å². The van der Waals surface area contributed by atoms with Gasteiger partial charge >= 0.3 is 0 Å². The summed E-state index contributed by atoms with van der Waals surface area (Å²) >= 11 is 5.86. The highest BCUT2D eigenvalue weighted by Crippen LogP contribution is 2.15. The van der Waals surface area contributed by atoms with Crippen LogP contribution in [0.4, 0.5) is 11.4 Å². The quantitative estimate of drug-likeness (QED) is 0.903. The van der Waals surface area contributed by atoms with Gasteiger partial charge < -0.3 is 10.6 Å². The number of benzene rings is 1. The lowest BCUT2D eigenvalue weighted by atomic mass is 10.2. The molecule has 0 saturated heterocycles. The van der Waals surface area contributed by atoms with Gasteiger partial charge in [-0.05, 0) is 25.1 Å². The van der Waals surface area contributed by atoms with E-state index < -0.39 is 0 Å². The molecule has 19 heavy (non-hydrogen) atoms. The summed E-state index contributed by atoms with van der Waals surface area (Å²) in [6, 6.07) is 6.67. The van der Waals surface area contributed by atoms with Crippen LogP contribution in [0.5, 0.6) is 0 Å². The molecule has 0 unspecified atom stereocenters. The van der Waals surface area contributed by atoms with Crippen molar-refractivity contribution < 1.29 is 4.79 Å². The number of hydrogen-bond donors (Lipinski definition) is 2. The van der Waals surface area contributed by atoms with Gasteiger partial charge in [0.15, 0.2) is 0 Å². The highest BCUT2D eigenvalue weighted by Gasteiger charge is 2.13. The Hall–Kier alpha value is -2.01.